The number of nitrogens with zero attached hydrogens (tertiary/aromatic N) is 10. The van der Waals surface area contributed by atoms with Crippen molar-refractivity contribution in [2.24, 2.45) is 19.8 Å². The molecule has 13 rings (SSSR count). The number of likely N-dealkylation sites (tertiary alicyclic amines) is 2. The van der Waals surface area contributed by atoms with E-state index in [-0.39, 0.29) is 113 Å². The molecule has 0 bridgehead atoms. The molecule has 3 saturated heterocycles. The number of primary amides is 1. The fraction of sp³-hybridized carbons (Fsp3) is 0.360. The number of ether oxygens (including phenoxy) is 2. The second-order valence-electron chi connectivity index (χ2n) is 28.8. The molecule has 5 aromatic carbocycles. The molecule has 0 spiro atoms. The first kappa shape index (κ1) is 84.8. The first-order valence-corrected chi connectivity index (χ1v) is 38.1. The Morgan fingerprint density at radius 1 is 0.591 bits per heavy atom. The number of hydrogen-bond donors (Lipinski definition) is 2. The number of carbonyl (C=O) groups excluding carboxylic acids is 5. The molecule has 19 nitrogen and oxygen atoms in total. The minimum absolute atomic E-state index is 0.133. The number of thiazole rings is 1. The minimum Gasteiger partial charge on any atom is -0.492 e. The van der Waals surface area contributed by atoms with Crippen LogP contribution in [0, 0.1) is 49.4 Å². The summed E-state index contributed by atoms with van der Waals surface area (Å²) in [5, 5.41) is 3.04. The summed E-state index contributed by atoms with van der Waals surface area (Å²) in [5.74, 6) is 16.0. The van der Waals surface area contributed by atoms with Crippen molar-refractivity contribution in [3.05, 3.63) is 250 Å². The van der Waals surface area contributed by atoms with E-state index in [4.69, 9.17) is 15.2 Å². The van der Waals surface area contributed by atoms with Crippen LogP contribution in [0.2, 0.25) is 0 Å². The maximum Gasteiger partial charge on any atom is 0.419 e. The third-order valence-corrected chi connectivity index (χ3v) is 20.9. The van der Waals surface area contributed by atoms with E-state index in [2.05, 4.69) is 70.6 Å². The van der Waals surface area contributed by atoms with Gasteiger partial charge in [0.15, 0.2) is 28.2 Å². The summed E-state index contributed by atoms with van der Waals surface area (Å²) in [5.41, 5.74) is 9.81. The Bertz CT molecular complexity index is 5250. The van der Waals surface area contributed by atoms with Crippen LogP contribution in [-0.2, 0) is 69.7 Å². The molecule has 1 atom stereocenters. The number of aromatic nitrogens is 6. The number of carbonyl (C=O) groups is 5. The Morgan fingerprint density at radius 3 is 1.68 bits per heavy atom. The number of nitrogens with one attached hydrogen (secondary N) is 1. The lowest BCUT2D eigenvalue weighted by atomic mass is 9.96. The summed E-state index contributed by atoms with van der Waals surface area (Å²) in [6.45, 7) is 10.4. The van der Waals surface area contributed by atoms with Crippen molar-refractivity contribution in [3.8, 4) is 41.3 Å². The van der Waals surface area contributed by atoms with Gasteiger partial charge < -0.3 is 34.6 Å². The fourth-order valence-electron chi connectivity index (χ4n) is 13.1. The minimum atomic E-state index is -4.58. The van der Waals surface area contributed by atoms with Gasteiger partial charge in [-0.25, -0.2) is 19.9 Å². The largest absolute Gasteiger partial charge is 0.492 e. The van der Waals surface area contributed by atoms with E-state index in [1.807, 2.05) is 44.8 Å². The van der Waals surface area contributed by atoms with Crippen LogP contribution in [0.4, 0.5) is 39.5 Å². The van der Waals surface area contributed by atoms with Crippen LogP contribution >= 0.6 is 11.3 Å². The molecular weight excluding hydrogens is 1520 g/mol. The first-order valence-electron chi connectivity index (χ1n) is 37.3. The van der Waals surface area contributed by atoms with E-state index < -0.39 is 41.1 Å². The predicted octanol–water partition coefficient (Wildman–Crippen LogP) is 13.0. The smallest absolute Gasteiger partial charge is 0.419 e. The molecular formula is C86H85F9N12O7S. The highest BCUT2D eigenvalue weighted by Gasteiger charge is 2.38. The number of likely N-dealkylation sites (N-methyl/N-ethyl adjacent to an activating group) is 1. The van der Waals surface area contributed by atoms with Gasteiger partial charge in [-0.3, -0.25) is 38.7 Å². The lowest BCUT2D eigenvalue weighted by Crippen LogP contribution is -2.36. The zero-order valence-electron chi connectivity index (χ0n) is 64.2. The van der Waals surface area contributed by atoms with Crippen LogP contribution in [0.3, 0.4) is 0 Å². The monoisotopic (exact) mass is 1600 g/mol. The van der Waals surface area contributed by atoms with Gasteiger partial charge in [-0.1, -0.05) is 66.4 Å². The topological polar surface area (TPSA) is 216 Å². The number of imidazole rings is 2. The number of rotatable bonds is 21. The summed E-state index contributed by atoms with van der Waals surface area (Å²) in [7, 11) is 7.50. The molecule has 2 amide bonds. The van der Waals surface area contributed by atoms with Gasteiger partial charge in [0, 0.05) is 125 Å². The second-order valence-corrected chi connectivity index (χ2v) is 29.9. The number of benzene rings is 5. The van der Waals surface area contributed by atoms with Gasteiger partial charge in [0.25, 0.3) is 11.8 Å². The SMILES string of the molecule is CN(C)C1CCN(Cc2ccc(CC(=O)c3ccnc(C#Cc4cnc(C(N)=O)s4)c3)cc2C(F)(F)F)C1.Cc1ccc(C(=O)Cc2ccc(CN3CCOCC3)c(C(F)(F)F)c2)cc1C#Cc1cnc(C(=O)NC2CC2)n1C.Cc1ccc(C(=O)Cc2ccc(OCCN3CCCC3)c(C(F)(F)F)c2)cc1C#Cc1cncn1C. The molecule has 9 aromatic rings. The summed E-state index contributed by atoms with van der Waals surface area (Å²) < 4.78 is 139. The number of aryl methyl sites for hydroxylation is 3. The number of alkyl halides is 9. The standard InChI is InChI=1S/C31H31F3N4O3.C28H28F3N3O2.C27H26F3N5O2S/c1-20-3-5-23(17-22(20)7-10-26-18-35-29(37(26)2)30(40)36-25-8-9-25)28(39)16-21-4-6-24(27(15-21)31(32,33)34)19-38-11-13-41-14-12-38;1-20-5-7-23(17-22(20)8-9-24-18-32-19-33(24)2)26(35)16-21-6-10-27(25(15-21)28(29,30)31)36-14-13-34-11-3-4-12-34;1-34(2)21-8-10-35(16-21)15-19-4-3-17(11-23(19)27(28,29)30)12-24(36)18-7-9-32-20(13-18)5-6-22-14-33-26(38-22)25(31)37/h3-6,15,17-18,25H,8-9,11-14,16,19H2,1-2H3,(H,36,40);5-7,10,15,17-19H,3-4,11-14,16H2,1-2H3;3-4,7,9,11,13-14,21H,8,10,12,15-16H2,1-2H3,(H2,31,37). The molecule has 29 heteroatoms. The predicted molar refractivity (Wildman–Crippen MR) is 415 cm³/mol. The molecule has 0 radical (unpaired) electrons. The highest BCUT2D eigenvalue weighted by atomic mass is 32.1. The van der Waals surface area contributed by atoms with Crippen molar-refractivity contribution >= 4 is 40.5 Å². The third-order valence-electron chi connectivity index (χ3n) is 19.9. The van der Waals surface area contributed by atoms with Crippen LogP contribution in [0.15, 0.2) is 134 Å². The number of pyridine rings is 1. The Hall–Kier alpha value is -11.1. The van der Waals surface area contributed by atoms with Crippen molar-refractivity contribution in [2.45, 2.75) is 109 Å². The number of Topliss-reactive ketones (excluding diaryl/α,β-unsaturated/α-hetero) is 3. The van der Waals surface area contributed by atoms with Crippen molar-refractivity contribution in [3.63, 3.8) is 0 Å². The van der Waals surface area contributed by atoms with E-state index in [0.29, 0.717) is 89.5 Å². The van der Waals surface area contributed by atoms with Crippen molar-refractivity contribution in [1.29, 1.82) is 0 Å². The van der Waals surface area contributed by atoms with Crippen molar-refractivity contribution in [1.82, 2.24) is 54.0 Å². The highest BCUT2D eigenvalue weighted by Crippen LogP contribution is 2.39. The fourth-order valence-corrected chi connectivity index (χ4v) is 13.8. The Labute approximate surface area is 664 Å². The van der Waals surface area contributed by atoms with Crippen LogP contribution < -0.4 is 15.8 Å². The average Bonchev–Trinajstić information content (AvgIpc) is 1.46. The maximum absolute atomic E-state index is 13.9. The van der Waals surface area contributed by atoms with Crippen LogP contribution in [0.1, 0.15) is 172 Å². The van der Waals surface area contributed by atoms with E-state index in [1.54, 1.807) is 77.2 Å². The van der Waals surface area contributed by atoms with Gasteiger partial charge in [0.2, 0.25) is 0 Å². The molecule has 7 heterocycles. The van der Waals surface area contributed by atoms with Gasteiger partial charge in [-0.2, -0.15) is 39.5 Å². The molecule has 1 unspecified atom stereocenters. The number of halogens is 9. The zero-order valence-corrected chi connectivity index (χ0v) is 65.0. The van der Waals surface area contributed by atoms with Gasteiger partial charge >= 0.3 is 18.5 Å². The van der Waals surface area contributed by atoms with Crippen molar-refractivity contribution in [2.75, 3.05) is 79.7 Å². The molecule has 1 saturated carbocycles. The summed E-state index contributed by atoms with van der Waals surface area (Å²) >= 11 is 1.04. The van der Waals surface area contributed by atoms with Crippen LogP contribution in [-0.4, -0.2) is 170 Å². The lowest BCUT2D eigenvalue weighted by Gasteiger charge is -2.27. The number of morpholine rings is 1. The number of amides is 2. The Kier molecular flexibility index (Phi) is 27.9. The summed E-state index contributed by atoms with van der Waals surface area (Å²) in [4.78, 5) is 87.5. The van der Waals surface area contributed by atoms with Crippen LogP contribution in [0.25, 0.3) is 0 Å². The quantitative estimate of drug-likeness (QED) is 0.0389. The normalized spacial score (nSPS) is 15.2. The molecule has 4 aromatic heterocycles. The maximum atomic E-state index is 13.9. The summed E-state index contributed by atoms with van der Waals surface area (Å²) in [6, 6.07) is 25.9. The zero-order chi connectivity index (χ0) is 82.3. The van der Waals surface area contributed by atoms with Gasteiger partial charge in [-0.05, 0) is 184 Å². The van der Waals surface area contributed by atoms with Gasteiger partial charge in [-0.15, -0.1) is 11.3 Å². The molecule has 3 N–H and O–H groups in total. The highest BCUT2D eigenvalue weighted by molar-refractivity contribution is 7.14. The number of hydrogen-bond acceptors (Lipinski definition) is 16. The second kappa shape index (κ2) is 37.9. The number of nitrogens with two attached hydrogens (primary N) is 1. The lowest BCUT2D eigenvalue weighted by molar-refractivity contribution is -0.139. The van der Waals surface area contributed by atoms with E-state index in [1.165, 1.54) is 55.0 Å². The van der Waals surface area contributed by atoms with Crippen molar-refractivity contribution < 1.29 is 73.0 Å². The average molecular weight is 1600 g/mol. The summed E-state index contributed by atoms with van der Waals surface area (Å²) in [6.07, 6.45) is -1.43. The van der Waals surface area contributed by atoms with Gasteiger partial charge in [0.1, 0.15) is 29.4 Å². The molecule has 1 aliphatic carbocycles. The number of ketones is 3. The molecule has 3 aliphatic heterocycles. The molecule has 115 heavy (non-hydrogen) atoms. The first-order chi connectivity index (χ1) is 54.8. The van der Waals surface area contributed by atoms with Gasteiger partial charge in [0.05, 0.1) is 59.7 Å². The van der Waals surface area contributed by atoms with E-state index in [9.17, 15) is 63.5 Å². The van der Waals surface area contributed by atoms with Crippen LogP contribution in [0.5, 0.6) is 5.75 Å². The van der Waals surface area contributed by atoms with E-state index >= 15 is 0 Å². The molecule has 4 aliphatic rings. The molecule has 4 fully saturated rings. The van der Waals surface area contributed by atoms with E-state index in [0.717, 1.165) is 98.1 Å². The Balaban J connectivity index is 0.000000170. The molecule has 600 valence electrons. The third kappa shape index (κ3) is 23.8. The Morgan fingerprint density at radius 2 is 1.15 bits per heavy atom.